The van der Waals surface area contributed by atoms with Crippen molar-refractivity contribution in [3.8, 4) is 5.75 Å². The van der Waals surface area contributed by atoms with Crippen LogP contribution in [0.4, 0.5) is 0 Å². The summed E-state index contributed by atoms with van der Waals surface area (Å²) >= 11 is 0. The second-order valence-corrected chi connectivity index (χ2v) is 5.82. The fraction of sp³-hybridized carbons (Fsp3) is 0.667. The first-order valence-electron chi connectivity index (χ1n) is 8.21. The zero-order valence-electron chi connectivity index (χ0n) is 14.4. The highest BCUT2D eigenvalue weighted by Crippen LogP contribution is 2.17. The summed E-state index contributed by atoms with van der Waals surface area (Å²) in [6.45, 7) is 9.25. The number of rotatable bonds is 10. The van der Waals surface area contributed by atoms with Crippen LogP contribution in [0.25, 0.3) is 0 Å². The standard InChI is InChI=1S/C18H32N2O/c1-6-16(7-2)18(20(4)5)14-19-13-15-9-11-17(12-10-15)21-8-3/h9-12,16,18-19H,6-8,13-14H2,1-5H3. The van der Waals surface area contributed by atoms with Gasteiger partial charge < -0.3 is 15.0 Å². The Morgan fingerprint density at radius 2 is 1.67 bits per heavy atom. The molecule has 0 heterocycles. The van der Waals surface area contributed by atoms with E-state index >= 15 is 0 Å². The molecule has 21 heavy (non-hydrogen) atoms. The molecule has 3 heteroatoms. The summed E-state index contributed by atoms with van der Waals surface area (Å²) in [6, 6.07) is 8.97. The van der Waals surface area contributed by atoms with E-state index in [1.807, 2.05) is 19.1 Å². The summed E-state index contributed by atoms with van der Waals surface area (Å²) in [6.07, 6.45) is 2.48. The van der Waals surface area contributed by atoms with Crippen LogP contribution in [-0.2, 0) is 6.54 Å². The van der Waals surface area contributed by atoms with E-state index in [0.29, 0.717) is 6.04 Å². The molecule has 0 aliphatic carbocycles. The Morgan fingerprint density at radius 1 is 1.05 bits per heavy atom. The molecule has 0 aromatic heterocycles. The van der Waals surface area contributed by atoms with E-state index < -0.39 is 0 Å². The number of benzene rings is 1. The van der Waals surface area contributed by atoms with Gasteiger partial charge in [0.1, 0.15) is 5.75 Å². The van der Waals surface area contributed by atoms with Gasteiger partial charge in [0, 0.05) is 19.1 Å². The van der Waals surface area contributed by atoms with Crippen LogP contribution in [0.2, 0.25) is 0 Å². The number of ether oxygens (including phenoxy) is 1. The largest absolute Gasteiger partial charge is 0.494 e. The summed E-state index contributed by atoms with van der Waals surface area (Å²) in [5.41, 5.74) is 1.31. The summed E-state index contributed by atoms with van der Waals surface area (Å²) in [4.78, 5) is 2.35. The maximum absolute atomic E-state index is 5.47. The quantitative estimate of drug-likeness (QED) is 0.714. The number of hydrogen-bond acceptors (Lipinski definition) is 3. The zero-order chi connectivity index (χ0) is 15.7. The van der Waals surface area contributed by atoms with Crippen LogP contribution in [0, 0.1) is 5.92 Å². The molecule has 1 aromatic carbocycles. The molecular weight excluding hydrogens is 260 g/mol. The minimum Gasteiger partial charge on any atom is -0.494 e. The second-order valence-electron chi connectivity index (χ2n) is 5.82. The van der Waals surface area contributed by atoms with E-state index in [2.05, 4.69) is 50.3 Å². The van der Waals surface area contributed by atoms with Gasteiger partial charge >= 0.3 is 0 Å². The van der Waals surface area contributed by atoms with Crippen molar-refractivity contribution in [3.05, 3.63) is 29.8 Å². The molecule has 0 amide bonds. The van der Waals surface area contributed by atoms with Gasteiger partial charge in [-0.25, -0.2) is 0 Å². The van der Waals surface area contributed by atoms with Crippen LogP contribution in [-0.4, -0.2) is 38.2 Å². The van der Waals surface area contributed by atoms with Crippen molar-refractivity contribution in [1.29, 1.82) is 0 Å². The average molecular weight is 292 g/mol. The molecule has 1 N–H and O–H groups in total. The normalized spacial score (nSPS) is 12.9. The number of likely N-dealkylation sites (N-methyl/N-ethyl adjacent to an activating group) is 1. The maximum atomic E-state index is 5.47. The van der Waals surface area contributed by atoms with Crippen LogP contribution in [0.15, 0.2) is 24.3 Å². The van der Waals surface area contributed by atoms with Gasteiger partial charge in [-0.15, -0.1) is 0 Å². The highest BCUT2D eigenvalue weighted by molar-refractivity contribution is 5.27. The van der Waals surface area contributed by atoms with Crippen LogP contribution >= 0.6 is 0 Å². The summed E-state index contributed by atoms with van der Waals surface area (Å²) in [5.74, 6) is 1.71. The van der Waals surface area contributed by atoms with Gasteiger partial charge in [-0.3, -0.25) is 0 Å². The third kappa shape index (κ3) is 6.06. The Balaban J connectivity index is 2.46. The van der Waals surface area contributed by atoms with E-state index in [-0.39, 0.29) is 0 Å². The minimum atomic E-state index is 0.600. The molecule has 0 saturated carbocycles. The van der Waals surface area contributed by atoms with Crippen LogP contribution in [0.1, 0.15) is 39.2 Å². The monoisotopic (exact) mass is 292 g/mol. The van der Waals surface area contributed by atoms with Gasteiger partial charge in [-0.1, -0.05) is 38.8 Å². The number of hydrogen-bond donors (Lipinski definition) is 1. The molecule has 0 aliphatic rings. The molecule has 0 fully saturated rings. The predicted octanol–water partition coefficient (Wildman–Crippen LogP) is 3.54. The van der Waals surface area contributed by atoms with Crippen LogP contribution in [0.3, 0.4) is 0 Å². The van der Waals surface area contributed by atoms with Crippen molar-refractivity contribution in [2.75, 3.05) is 27.2 Å². The van der Waals surface area contributed by atoms with E-state index in [9.17, 15) is 0 Å². The third-order valence-electron chi connectivity index (χ3n) is 4.17. The maximum Gasteiger partial charge on any atom is 0.119 e. The summed E-state index contributed by atoms with van der Waals surface area (Å²) in [7, 11) is 4.36. The van der Waals surface area contributed by atoms with Crippen LogP contribution < -0.4 is 10.1 Å². The first-order chi connectivity index (χ1) is 10.1. The second kappa shape index (κ2) is 9.80. The van der Waals surface area contributed by atoms with E-state index in [1.165, 1.54) is 18.4 Å². The molecule has 1 aromatic rings. The molecule has 120 valence electrons. The first kappa shape index (κ1) is 18.0. The van der Waals surface area contributed by atoms with Gasteiger partial charge in [0.25, 0.3) is 0 Å². The van der Waals surface area contributed by atoms with Gasteiger partial charge in [0.2, 0.25) is 0 Å². The lowest BCUT2D eigenvalue weighted by Gasteiger charge is -2.31. The predicted molar refractivity (Wildman–Crippen MR) is 90.9 cm³/mol. The fourth-order valence-electron chi connectivity index (χ4n) is 2.84. The van der Waals surface area contributed by atoms with Crippen molar-refractivity contribution >= 4 is 0 Å². The summed E-state index contributed by atoms with van der Waals surface area (Å²) < 4.78 is 5.47. The Kier molecular flexibility index (Phi) is 8.40. The molecule has 0 radical (unpaired) electrons. The summed E-state index contributed by atoms with van der Waals surface area (Å²) in [5, 5.41) is 3.60. The lowest BCUT2D eigenvalue weighted by molar-refractivity contribution is 0.194. The van der Waals surface area contributed by atoms with Gasteiger partial charge in [0.15, 0.2) is 0 Å². The Hall–Kier alpha value is -1.06. The van der Waals surface area contributed by atoms with E-state index in [1.54, 1.807) is 0 Å². The lowest BCUT2D eigenvalue weighted by atomic mass is 9.93. The van der Waals surface area contributed by atoms with Crippen molar-refractivity contribution in [2.24, 2.45) is 5.92 Å². The average Bonchev–Trinajstić information content (AvgIpc) is 2.48. The molecule has 0 bridgehead atoms. The van der Waals surface area contributed by atoms with Crippen LogP contribution in [0.5, 0.6) is 5.75 Å². The SMILES string of the molecule is CCOc1ccc(CNCC(C(CC)CC)N(C)C)cc1. The van der Waals surface area contributed by atoms with E-state index in [0.717, 1.165) is 31.4 Å². The first-order valence-corrected chi connectivity index (χ1v) is 8.21. The zero-order valence-corrected chi connectivity index (χ0v) is 14.4. The third-order valence-corrected chi connectivity index (χ3v) is 4.17. The highest BCUT2D eigenvalue weighted by atomic mass is 16.5. The Bertz CT molecular complexity index is 371. The van der Waals surface area contributed by atoms with Crippen molar-refractivity contribution in [3.63, 3.8) is 0 Å². The van der Waals surface area contributed by atoms with Crippen molar-refractivity contribution in [1.82, 2.24) is 10.2 Å². The fourth-order valence-corrected chi connectivity index (χ4v) is 2.84. The topological polar surface area (TPSA) is 24.5 Å². The number of nitrogens with one attached hydrogen (secondary N) is 1. The molecule has 0 aliphatic heterocycles. The minimum absolute atomic E-state index is 0.600. The van der Waals surface area contributed by atoms with Crippen molar-refractivity contribution < 1.29 is 4.74 Å². The molecule has 1 unspecified atom stereocenters. The Labute approximate surface area is 130 Å². The molecular formula is C18H32N2O. The van der Waals surface area contributed by atoms with Gasteiger partial charge in [-0.2, -0.15) is 0 Å². The Morgan fingerprint density at radius 3 is 2.14 bits per heavy atom. The lowest BCUT2D eigenvalue weighted by Crippen LogP contribution is -2.42. The smallest absolute Gasteiger partial charge is 0.119 e. The molecule has 1 atom stereocenters. The molecule has 0 saturated heterocycles. The number of nitrogens with zero attached hydrogens (tertiary/aromatic N) is 1. The van der Waals surface area contributed by atoms with E-state index in [4.69, 9.17) is 4.74 Å². The van der Waals surface area contributed by atoms with Gasteiger partial charge in [0.05, 0.1) is 6.61 Å². The van der Waals surface area contributed by atoms with Gasteiger partial charge in [-0.05, 0) is 44.6 Å². The highest BCUT2D eigenvalue weighted by Gasteiger charge is 2.19. The molecule has 3 nitrogen and oxygen atoms in total. The molecule has 1 rings (SSSR count). The molecule has 0 spiro atoms. The van der Waals surface area contributed by atoms with Crippen molar-refractivity contribution in [2.45, 2.75) is 46.2 Å².